The van der Waals surface area contributed by atoms with E-state index in [1.54, 1.807) is 17.5 Å². The molecule has 112 valence electrons. The summed E-state index contributed by atoms with van der Waals surface area (Å²) in [7, 11) is 0. The van der Waals surface area contributed by atoms with E-state index in [9.17, 15) is 4.79 Å². The molecule has 1 amide bonds. The maximum atomic E-state index is 11.9. The van der Waals surface area contributed by atoms with Gasteiger partial charge in [-0.15, -0.1) is 0 Å². The van der Waals surface area contributed by atoms with Crippen molar-refractivity contribution in [3.8, 4) is 5.69 Å². The summed E-state index contributed by atoms with van der Waals surface area (Å²) in [6.07, 6.45) is 4.16. The van der Waals surface area contributed by atoms with E-state index in [2.05, 4.69) is 10.3 Å². The van der Waals surface area contributed by atoms with Crippen LogP contribution >= 0.6 is 11.3 Å². The molecule has 0 radical (unpaired) electrons. The smallest absolute Gasteiger partial charge is 0.224 e. The minimum Gasteiger partial charge on any atom is -0.352 e. The number of hydrogen-bond acceptors (Lipinski definition) is 3. The fraction of sp³-hybridized carbons (Fsp3) is 0.176. The minimum atomic E-state index is 0.0490. The van der Waals surface area contributed by atoms with Gasteiger partial charge in [-0.3, -0.25) is 4.79 Å². The Labute approximate surface area is 133 Å². The minimum absolute atomic E-state index is 0.0490. The second kappa shape index (κ2) is 6.58. The third kappa shape index (κ3) is 3.43. The number of aromatic nitrogens is 2. The summed E-state index contributed by atoms with van der Waals surface area (Å²) in [5.74, 6) is 1.00. The molecular formula is C17H17N3OS. The van der Waals surface area contributed by atoms with E-state index in [0.29, 0.717) is 13.0 Å². The molecule has 0 aliphatic rings. The predicted molar refractivity (Wildman–Crippen MR) is 88.2 cm³/mol. The summed E-state index contributed by atoms with van der Waals surface area (Å²) in [6, 6.07) is 10.1. The molecule has 0 bridgehead atoms. The monoisotopic (exact) mass is 311 g/mol. The standard InChI is InChI=1S/C17H17N3OS/c1-13-18-7-8-20(13)16-4-2-14(3-5-16)11-19-17(21)10-15-6-9-22-12-15/h2-9,12H,10-11H2,1H3,(H,19,21). The Morgan fingerprint density at radius 1 is 1.23 bits per heavy atom. The maximum Gasteiger partial charge on any atom is 0.224 e. The van der Waals surface area contributed by atoms with Crippen molar-refractivity contribution in [2.45, 2.75) is 19.9 Å². The third-order valence-electron chi connectivity index (χ3n) is 3.47. The lowest BCUT2D eigenvalue weighted by Crippen LogP contribution is -2.24. The van der Waals surface area contributed by atoms with Crippen molar-refractivity contribution in [3.05, 3.63) is 70.4 Å². The SMILES string of the molecule is Cc1nccn1-c1ccc(CNC(=O)Cc2ccsc2)cc1. The van der Waals surface area contributed by atoms with Crippen LogP contribution in [0, 0.1) is 6.92 Å². The molecule has 3 aromatic rings. The molecule has 2 heterocycles. The van der Waals surface area contributed by atoms with Crippen LogP contribution in [-0.4, -0.2) is 15.5 Å². The molecule has 0 spiro atoms. The first-order chi connectivity index (χ1) is 10.7. The van der Waals surface area contributed by atoms with Gasteiger partial charge in [-0.2, -0.15) is 11.3 Å². The van der Waals surface area contributed by atoms with E-state index in [-0.39, 0.29) is 5.91 Å². The molecule has 0 fully saturated rings. The van der Waals surface area contributed by atoms with Crippen LogP contribution in [0.15, 0.2) is 53.5 Å². The Morgan fingerprint density at radius 3 is 2.68 bits per heavy atom. The van der Waals surface area contributed by atoms with Crippen molar-refractivity contribution in [1.29, 1.82) is 0 Å². The molecule has 1 N–H and O–H groups in total. The molecule has 0 saturated heterocycles. The van der Waals surface area contributed by atoms with E-state index in [0.717, 1.165) is 22.6 Å². The van der Waals surface area contributed by atoms with E-state index in [1.807, 2.05) is 58.8 Å². The van der Waals surface area contributed by atoms with E-state index in [1.165, 1.54) is 0 Å². The molecule has 0 unspecified atom stereocenters. The van der Waals surface area contributed by atoms with Crippen LogP contribution in [0.1, 0.15) is 17.0 Å². The highest BCUT2D eigenvalue weighted by Crippen LogP contribution is 2.12. The zero-order valence-electron chi connectivity index (χ0n) is 12.3. The van der Waals surface area contributed by atoms with E-state index in [4.69, 9.17) is 0 Å². The second-order valence-corrected chi connectivity index (χ2v) is 5.88. The van der Waals surface area contributed by atoms with Crippen molar-refractivity contribution in [2.24, 2.45) is 0 Å². The molecule has 4 nitrogen and oxygen atoms in total. The highest BCUT2D eigenvalue weighted by Gasteiger charge is 2.04. The highest BCUT2D eigenvalue weighted by molar-refractivity contribution is 7.07. The van der Waals surface area contributed by atoms with Crippen molar-refractivity contribution in [1.82, 2.24) is 14.9 Å². The summed E-state index contributed by atoms with van der Waals surface area (Å²) in [5, 5.41) is 6.94. The quantitative estimate of drug-likeness (QED) is 0.787. The second-order valence-electron chi connectivity index (χ2n) is 5.10. The molecule has 22 heavy (non-hydrogen) atoms. The molecule has 0 saturated carbocycles. The highest BCUT2D eigenvalue weighted by atomic mass is 32.1. The van der Waals surface area contributed by atoms with E-state index < -0.39 is 0 Å². The van der Waals surface area contributed by atoms with E-state index >= 15 is 0 Å². The number of nitrogens with zero attached hydrogens (tertiary/aromatic N) is 2. The van der Waals surface area contributed by atoms with Gasteiger partial charge < -0.3 is 9.88 Å². The summed E-state index contributed by atoms with van der Waals surface area (Å²) in [6.45, 7) is 2.52. The average molecular weight is 311 g/mol. The van der Waals surface area contributed by atoms with Gasteiger partial charge in [0.05, 0.1) is 6.42 Å². The van der Waals surface area contributed by atoms with Gasteiger partial charge in [-0.25, -0.2) is 4.98 Å². The van der Waals surface area contributed by atoms with Crippen LogP contribution in [0.5, 0.6) is 0 Å². The van der Waals surface area contributed by atoms with Crippen LogP contribution in [0.2, 0.25) is 0 Å². The molecule has 0 aliphatic heterocycles. The lowest BCUT2D eigenvalue weighted by Gasteiger charge is -2.08. The Balaban J connectivity index is 1.57. The molecule has 0 atom stereocenters. The molecule has 3 rings (SSSR count). The van der Waals surface area contributed by atoms with Crippen LogP contribution in [0.4, 0.5) is 0 Å². The van der Waals surface area contributed by atoms with Gasteiger partial charge in [0.2, 0.25) is 5.91 Å². The van der Waals surface area contributed by atoms with Crippen LogP contribution in [0.3, 0.4) is 0 Å². The molecule has 5 heteroatoms. The molecular weight excluding hydrogens is 294 g/mol. The number of benzene rings is 1. The van der Waals surface area contributed by atoms with Crippen LogP contribution in [0.25, 0.3) is 5.69 Å². The number of amides is 1. The summed E-state index contributed by atoms with van der Waals surface area (Å²) in [5.41, 5.74) is 3.22. The average Bonchev–Trinajstić information content (AvgIpc) is 3.17. The lowest BCUT2D eigenvalue weighted by atomic mass is 10.2. The zero-order valence-corrected chi connectivity index (χ0v) is 13.1. The maximum absolute atomic E-state index is 11.9. The first kappa shape index (κ1) is 14.5. The van der Waals surface area contributed by atoms with Crippen molar-refractivity contribution in [2.75, 3.05) is 0 Å². The topological polar surface area (TPSA) is 46.9 Å². The van der Waals surface area contributed by atoms with Crippen LogP contribution < -0.4 is 5.32 Å². The van der Waals surface area contributed by atoms with Gasteiger partial charge >= 0.3 is 0 Å². The lowest BCUT2D eigenvalue weighted by molar-refractivity contribution is -0.120. The van der Waals surface area contributed by atoms with Gasteiger partial charge in [0.1, 0.15) is 5.82 Å². The van der Waals surface area contributed by atoms with Gasteiger partial charge in [0.25, 0.3) is 0 Å². The number of carbonyl (C=O) groups is 1. The number of hydrogen-bond donors (Lipinski definition) is 1. The zero-order chi connectivity index (χ0) is 15.4. The van der Waals surface area contributed by atoms with Gasteiger partial charge in [-0.05, 0) is 47.0 Å². The van der Waals surface area contributed by atoms with Gasteiger partial charge in [-0.1, -0.05) is 12.1 Å². The first-order valence-corrected chi connectivity index (χ1v) is 8.04. The van der Waals surface area contributed by atoms with Crippen molar-refractivity contribution >= 4 is 17.2 Å². The summed E-state index contributed by atoms with van der Waals surface area (Å²) in [4.78, 5) is 16.1. The third-order valence-corrected chi connectivity index (χ3v) is 4.21. The molecule has 1 aromatic carbocycles. The summed E-state index contributed by atoms with van der Waals surface area (Å²) < 4.78 is 2.03. The number of thiophene rings is 1. The Bertz CT molecular complexity index is 745. The Hall–Kier alpha value is -2.40. The molecule has 0 aliphatic carbocycles. The Morgan fingerprint density at radius 2 is 2.05 bits per heavy atom. The number of nitrogens with one attached hydrogen (secondary N) is 1. The molecule has 2 aromatic heterocycles. The number of aryl methyl sites for hydroxylation is 1. The van der Waals surface area contributed by atoms with Gasteiger partial charge in [0, 0.05) is 24.6 Å². The van der Waals surface area contributed by atoms with Crippen molar-refractivity contribution < 1.29 is 4.79 Å². The fourth-order valence-corrected chi connectivity index (χ4v) is 2.94. The number of rotatable bonds is 5. The fourth-order valence-electron chi connectivity index (χ4n) is 2.27. The van der Waals surface area contributed by atoms with Crippen molar-refractivity contribution in [3.63, 3.8) is 0 Å². The largest absolute Gasteiger partial charge is 0.352 e. The predicted octanol–water partition coefficient (Wildman–Crippen LogP) is 3.10. The number of imidazole rings is 1. The first-order valence-electron chi connectivity index (χ1n) is 7.09. The summed E-state index contributed by atoms with van der Waals surface area (Å²) >= 11 is 1.61. The Kier molecular flexibility index (Phi) is 4.34. The number of carbonyl (C=O) groups excluding carboxylic acids is 1. The van der Waals surface area contributed by atoms with Gasteiger partial charge in [0.15, 0.2) is 0 Å². The normalized spacial score (nSPS) is 10.6. The van der Waals surface area contributed by atoms with Crippen LogP contribution in [-0.2, 0) is 17.8 Å².